The van der Waals surface area contributed by atoms with Gasteiger partial charge in [-0.25, -0.2) is 4.39 Å². The van der Waals surface area contributed by atoms with Crippen LogP contribution in [0.4, 0.5) is 4.39 Å². The van der Waals surface area contributed by atoms with E-state index in [1.807, 2.05) is 30.3 Å². The summed E-state index contributed by atoms with van der Waals surface area (Å²) in [6.07, 6.45) is 0. The van der Waals surface area contributed by atoms with Crippen molar-refractivity contribution in [2.24, 2.45) is 5.16 Å². The molecule has 0 fully saturated rings. The Morgan fingerprint density at radius 1 is 1.38 bits per heavy atom. The first kappa shape index (κ1) is 9.71. The van der Waals surface area contributed by atoms with Gasteiger partial charge in [-0.2, -0.15) is 0 Å². The van der Waals surface area contributed by atoms with Gasteiger partial charge in [-0.05, 0) is 12.5 Å². The zero-order valence-electron chi connectivity index (χ0n) is 7.53. The van der Waals surface area contributed by atoms with Gasteiger partial charge in [0, 0.05) is 0 Å². The highest BCUT2D eigenvalue weighted by Gasteiger charge is 1.91. The summed E-state index contributed by atoms with van der Waals surface area (Å²) in [6, 6.07) is 9.63. The molecule has 0 radical (unpaired) electrons. The van der Waals surface area contributed by atoms with Crippen molar-refractivity contribution in [3.8, 4) is 0 Å². The minimum Gasteiger partial charge on any atom is -0.391 e. The van der Waals surface area contributed by atoms with Crippen LogP contribution >= 0.6 is 0 Å². The van der Waals surface area contributed by atoms with Gasteiger partial charge in [0.1, 0.15) is 13.3 Å². The molecule has 0 bridgehead atoms. The molecule has 0 saturated carbocycles. The van der Waals surface area contributed by atoms with Crippen molar-refractivity contribution in [1.82, 2.24) is 0 Å². The highest BCUT2D eigenvalue weighted by Crippen LogP contribution is 2.00. The zero-order chi connectivity index (χ0) is 9.52. The molecular formula is C10H12FNO. The fourth-order valence-electron chi connectivity index (χ4n) is 0.816. The smallest absolute Gasteiger partial charge is 0.142 e. The van der Waals surface area contributed by atoms with Gasteiger partial charge in [-0.1, -0.05) is 35.5 Å². The minimum atomic E-state index is -0.561. The molecule has 0 unspecified atom stereocenters. The molecule has 0 aromatic heterocycles. The Kier molecular flexibility index (Phi) is 3.96. The highest BCUT2D eigenvalue weighted by atomic mass is 19.1. The third-order valence-electron chi connectivity index (χ3n) is 1.49. The molecule has 13 heavy (non-hydrogen) atoms. The molecule has 0 aliphatic heterocycles. The molecule has 0 heterocycles. The van der Waals surface area contributed by atoms with Crippen molar-refractivity contribution in [2.75, 3.05) is 6.67 Å². The van der Waals surface area contributed by atoms with Crippen LogP contribution in [0.3, 0.4) is 0 Å². The number of hydrogen-bond acceptors (Lipinski definition) is 2. The highest BCUT2D eigenvalue weighted by molar-refractivity contribution is 5.82. The number of rotatable bonds is 4. The number of alkyl halides is 1. The van der Waals surface area contributed by atoms with Crippen molar-refractivity contribution in [3.63, 3.8) is 0 Å². The molecule has 0 atom stereocenters. The molecule has 1 aromatic carbocycles. The van der Waals surface area contributed by atoms with E-state index in [4.69, 9.17) is 4.84 Å². The van der Waals surface area contributed by atoms with E-state index < -0.39 is 6.67 Å². The van der Waals surface area contributed by atoms with Crippen LogP contribution in [-0.4, -0.2) is 12.4 Å². The van der Waals surface area contributed by atoms with E-state index in [9.17, 15) is 4.39 Å². The quantitative estimate of drug-likeness (QED) is 0.516. The van der Waals surface area contributed by atoms with Gasteiger partial charge >= 0.3 is 0 Å². The molecule has 0 saturated heterocycles. The predicted molar refractivity (Wildman–Crippen MR) is 50.3 cm³/mol. The Morgan fingerprint density at radius 2 is 2.08 bits per heavy atom. The van der Waals surface area contributed by atoms with Crippen molar-refractivity contribution in [2.45, 2.75) is 13.5 Å². The lowest BCUT2D eigenvalue weighted by Crippen LogP contribution is -1.95. The van der Waals surface area contributed by atoms with Crippen LogP contribution in [0, 0.1) is 0 Å². The van der Waals surface area contributed by atoms with E-state index >= 15 is 0 Å². The second-order valence-electron chi connectivity index (χ2n) is 2.72. The van der Waals surface area contributed by atoms with E-state index in [-0.39, 0.29) is 0 Å². The number of oxime groups is 1. The topological polar surface area (TPSA) is 21.6 Å². The Hall–Kier alpha value is -1.38. The number of benzene rings is 1. The number of nitrogens with zero attached hydrogens (tertiary/aromatic N) is 1. The predicted octanol–water partition coefficient (Wildman–Crippen LogP) is 2.55. The molecule has 0 spiro atoms. The van der Waals surface area contributed by atoms with Gasteiger partial charge in [0.25, 0.3) is 0 Å². The monoisotopic (exact) mass is 181 g/mol. The molecule has 70 valence electrons. The Morgan fingerprint density at radius 3 is 2.69 bits per heavy atom. The fourth-order valence-corrected chi connectivity index (χ4v) is 0.816. The van der Waals surface area contributed by atoms with E-state index in [1.165, 1.54) is 0 Å². The summed E-state index contributed by atoms with van der Waals surface area (Å²) >= 11 is 0. The first-order valence-corrected chi connectivity index (χ1v) is 4.08. The van der Waals surface area contributed by atoms with Gasteiger partial charge < -0.3 is 4.84 Å². The number of halogens is 1. The second kappa shape index (κ2) is 5.30. The summed E-state index contributed by atoms with van der Waals surface area (Å²) < 4.78 is 11.9. The van der Waals surface area contributed by atoms with Gasteiger partial charge in [-0.3, -0.25) is 0 Å². The molecule has 0 aliphatic rings. The Labute approximate surface area is 77.0 Å². The maximum Gasteiger partial charge on any atom is 0.142 e. The summed E-state index contributed by atoms with van der Waals surface area (Å²) in [5, 5.41) is 3.58. The molecule has 2 nitrogen and oxygen atoms in total. The van der Waals surface area contributed by atoms with Crippen molar-refractivity contribution in [3.05, 3.63) is 35.9 Å². The fraction of sp³-hybridized carbons (Fsp3) is 0.300. The minimum absolute atomic E-state index is 0.357. The van der Waals surface area contributed by atoms with Crippen molar-refractivity contribution in [1.29, 1.82) is 0 Å². The summed E-state index contributed by atoms with van der Waals surface area (Å²) in [5.41, 5.74) is 1.38. The summed E-state index contributed by atoms with van der Waals surface area (Å²) in [6.45, 7) is 1.41. The standard InChI is InChI=1S/C10H12FNO/c1-9(7-11)12-13-8-10-5-3-2-4-6-10/h2-6H,7-8H2,1H3/b12-9+. The van der Waals surface area contributed by atoms with Crippen LogP contribution < -0.4 is 0 Å². The normalized spacial score (nSPS) is 11.4. The lowest BCUT2D eigenvalue weighted by molar-refractivity contribution is 0.129. The van der Waals surface area contributed by atoms with Crippen LogP contribution in [0.15, 0.2) is 35.5 Å². The van der Waals surface area contributed by atoms with Gasteiger partial charge in [0.2, 0.25) is 0 Å². The molecule has 3 heteroatoms. The molecular weight excluding hydrogens is 169 g/mol. The zero-order valence-corrected chi connectivity index (χ0v) is 7.53. The molecule has 0 aliphatic carbocycles. The maximum absolute atomic E-state index is 11.9. The van der Waals surface area contributed by atoms with Gasteiger partial charge in [0.15, 0.2) is 0 Å². The third-order valence-corrected chi connectivity index (χ3v) is 1.49. The molecule has 0 amide bonds. The van der Waals surface area contributed by atoms with E-state index in [0.717, 1.165) is 5.56 Å². The van der Waals surface area contributed by atoms with E-state index in [2.05, 4.69) is 5.16 Å². The van der Waals surface area contributed by atoms with Gasteiger partial charge in [-0.15, -0.1) is 0 Å². The van der Waals surface area contributed by atoms with E-state index in [0.29, 0.717) is 12.3 Å². The summed E-state index contributed by atoms with van der Waals surface area (Å²) in [7, 11) is 0. The van der Waals surface area contributed by atoms with Crippen LogP contribution in [0.1, 0.15) is 12.5 Å². The average molecular weight is 181 g/mol. The van der Waals surface area contributed by atoms with Crippen molar-refractivity contribution < 1.29 is 9.23 Å². The Balaban J connectivity index is 2.36. The first-order chi connectivity index (χ1) is 6.33. The number of hydrogen-bond donors (Lipinski definition) is 0. The van der Waals surface area contributed by atoms with Crippen LogP contribution in [0.5, 0.6) is 0 Å². The summed E-state index contributed by atoms with van der Waals surface area (Å²) in [4.78, 5) is 4.92. The van der Waals surface area contributed by atoms with Crippen LogP contribution in [0.25, 0.3) is 0 Å². The van der Waals surface area contributed by atoms with Crippen LogP contribution in [-0.2, 0) is 11.4 Å². The average Bonchev–Trinajstić information content (AvgIpc) is 2.19. The second-order valence-corrected chi connectivity index (χ2v) is 2.72. The lowest BCUT2D eigenvalue weighted by atomic mass is 10.2. The first-order valence-electron chi connectivity index (χ1n) is 4.08. The van der Waals surface area contributed by atoms with Crippen LogP contribution in [0.2, 0.25) is 0 Å². The third kappa shape index (κ3) is 3.69. The maximum atomic E-state index is 11.9. The molecule has 1 rings (SSSR count). The van der Waals surface area contributed by atoms with Crippen molar-refractivity contribution >= 4 is 5.71 Å². The molecule has 0 N–H and O–H groups in total. The van der Waals surface area contributed by atoms with E-state index in [1.54, 1.807) is 6.92 Å². The largest absolute Gasteiger partial charge is 0.391 e. The summed E-state index contributed by atoms with van der Waals surface area (Å²) in [5.74, 6) is 0. The van der Waals surface area contributed by atoms with Gasteiger partial charge in [0.05, 0.1) is 5.71 Å². The lowest BCUT2D eigenvalue weighted by Gasteiger charge is -1.99. The molecule has 1 aromatic rings. The SMILES string of the molecule is C/C(CF)=N\OCc1ccccc1. The Bertz CT molecular complexity index is 272.